The van der Waals surface area contributed by atoms with Crippen molar-refractivity contribution in [1.82, 2.24) is 5.32 Å². The average Bonchev–Trinajstić information content (AvgIpc) is 2.54. The first kappa shape index (κ1) is 17.0. The van der Waals surface area contributed by atoms with Crippen molar-refractivity contribution in [2.45, 2.75) is 32.7 Å². The summed E-state index contributed by atoms with van der Waals surface area (Å²) in [5.74, 6) is 0.498. The standard InChI is InChI=1S/C19H22FNO2/c1-14-3-10-18(11-4-14)23-13-15(2)21-19(22)12-7-16-5-8-17(20)9-6-16/h3-6,8-11,15H,7,12-13H2,1-2H3,(H,21,22)/t15-/m1/s1. The van der Waals surface area contributed by atoms with Crippen molar-refractivity contribution in [3.05, 3.63) is 65.5 Å². The number of hydrogen-bond donors (Lipinski definition) is 1. The van der Waals surface area contributed by atoms with Gasteiger partial charge in [0.2, 0.25) is 5.91 Å². The van der Waals surface area contributed by atoms with Gasteiger partial charge in [0.15, 0.2) is 0 Å². The van der Waals surface area contributed by atoms with Gasteiger partial charge in [-0.1, -0.05) is 29.8 Å². The molecule has 0 bridgehead atoms. The van der Waals surface area contributed by atoms with E-state index in [1.165, 1.54) is 17.7 Å². The van der Waals surface area contributed by atoms with Crippen molar-refractivity contribution >= 4 is 5.91 Å². The lowest BCUT2D eigenvalue weighted by Gasteiger charge is -2.15. The number of hydrogen-bond acceptors (Lipinski definition) is 2. The number of benzene rings is 2. The van der Waals surface area contributed by atoms with E-state index in [0.29, 0.717) is 19.4 Å². The molecular formula is C19H22FNO2. The van der Waals surface area contributed by atoms with Crippen LogP contribution >= 0.6 is 0 Å². The number of carbonyl (C=O) groups excluding carboxylic acids is 1. The Morgan fingerprint density at radius 1 is 1.13 bits per heavy atom. The number of rotatable bonds is 7. The van der Waals surface area contributed by atoms with E-state index < -0.39 is 0 Å². The Labute approximate surface area is 136 Å². The molecule has 0 spiro atoms. The Morgan fingerprint density at radius 2 is 1.78 bits per heavy atom. The summed E-state index contributed by atoms with van der Waals surface area (Å²) >= 11 is 0. The minimum absolute atomic E-state index is 0.0330. The lowest BCUT2D eigenvalue weighted by molar-refractivity contribution is -0.121. The molecule has 0 saturated heterocycles. The van der Waals surface area contributed by atoms with Crippen molar-refractivity contribution < 1.29 is 13.9 Å². The normalized spacial score (nSPS) is 11.8. The van der Waals surface area contributed by atoms with Gasteiger partial charge in [-0.15, -0.1) is 0 Å². The molecule has 122 valence electrons. The number of nitrogens with one attached hydrogen (secondary N) is 1. The molecule has 2 rings (SSSR count). The highest BCUT2D eigenvalue weighted by Gasteiger charge is 2.08. The highest BCUT2D eigenvalue weighted by atomic mass is 19.1. The topological polar surface area (TPSA) is 38.3 Å². The molecule has 4 heteroatoms. The molecule has 0 unspecified atom stereocenters. The zero-order valence-corrected chi connectivity index (χ0v) is 13.5. The summed E-state index contributed by atoms with van der Waals surface area (Å²) in [4.78, 5) is 11.9. The third kappa shape index (κ3) is 6.10. The van der Waals surface area contributed by atoms with E-state index in [1.807, 2.05) is 38.1 Å². The summed E-state index contributed by atoms with van der Waals surface area (Å²) in [6, 6.07) is 14.0. The van der Waals surface area contributed by atoms with Gasteiger partial charge >= 0.3 is 0 Å². The summed E-state index contributed by atoms with van der Waals surface area (Å²) < 4.78 is 18.5. The second-order valence-electron chi connectivity index (χ2n) is 5.72. The number of halogens is 1. The summed E-state index contributed by atoms with van der Waals surface area (Å²) in [6.07, 6.45) is 0.970. The van der Waals surface area contributed by atoms with E-state index in [2.05, 4.69) is 5.32 Å². The third-order valence-corrected chi connectivity index (χ3v) is 3.48. The molecule has 0 aromatic heterocycles. The Hall–Kier alpha value is -2.36. The number of carbonyl (C=O) groups is 1. The van der Waals surface area contributed by atoms with Crippen molar-refractivity contribution in [1.29, 1.82) is 0 Å². The van der Waals surface area contributed by atoms with Crippen LogP contribution in [0.4, 0.5) is 4.39 Å². The minimum atomic E-state index is -0.264. The number of aryl methyl sites for hydroxylation is 2. The van der Waals surface area contributed by atoms with Crippen LogP contribution in [0.2, 0.25) is 0 Å². The fourth-order valence-electron chi connectivity index (χ4n) is 2.15. The molecular weight excluding hydrogens is 293 g/mol. The van der Waals surface area contributed by atoms with Crippen LogP contribution in [0.15, 0.2) is 48.5 Å². The number of amides is 1. The minimum Gasteiger partial charge on any atom is -0.491 e. The summed E-state index contributed by atoms with van der Waals surface area (Å²) in [5.41, 5.74) is 2.13. The first-order valence-electron chi connectivity index (χ1n) is 7.76. The molecule has 0 radical (unpaired) electrons. The highest BCUT2D eigenvalue weighted by molar-refractivity contribution is 5.76. The predicted octanol–water partition coefficient (Wildman–Crippen LogP) is 3.65. The van der Waals surface area contributed by atoms with Gasteiger partial charge in [-0.2, -0.15) is 0 Å². The van der Waals surface area contributed by atoms with Gasteiger partial charge in [0.05, 0.1) is 6.04 Å². The van der Waals surface area contributed by atoms with E-state index in [-0.39, 0.29) is 17.8 Å². The number of ether oxygens (including phenoxy) is 1. The molecule has 0 aliphatic carbocycles. The molecule has 1 N–H and O–H groups in total. The van der Waals surface area contributed by atoms with E-state index in [0.717, 1.165) is 11.3 Å². The quantitative estimate of drug-likeness (QED) is 0.847. The SMILES string of the molecule is Cc1ccc(OC[C@@H](C)NC(=O)CCc2ccc(F)cc2)cc1. The van der Waals surface area contributed by atoms with Crippen molar-refractivity contribution in [2.75, 3.05) is 6.61 Å². The molecule has 3 nitrogen and oxygen atoms in total. The second kappa shape index (κ2) is 8.32. The smallest absolute Gasteiger partial charge is 0.220 e. The van der Waals surface area contributed by atoms with Crippen LogP contribution in [0, 0.1) is 12.7 Å². The van der Waals surface area contributed by atoms with Gasteiger partial charge in [-0.05, 0) is 50.1 Å². The van der Waals surface area contributed by atoms with Crippen LogP contribution in [0.3, 0.4) is 0 Å². The monoisotopic (exact) mass is 315 g/mol. The first-order chi connectivity index (χ1) is 11.0. The highest BCUT2D eigenvalue weighted by Crippen LogP contribution is 2.11. The first-order valence-corrected chi connectivity index (χ1v) is 7.76. The van der Waals surface area contributed by atoms with Crippen LogP contribution in [0.5, 0.6) is 5.75 Å². The van der Waals surface area contributed by atoms with Crippen molar-refractivity contribution in [2.24, 2.45) is 0 Å². The lowest BCUT2D eigenvalue weighted by atomic mass is 10.1. The molecule has 2 aromatic rings. The Morgan fingerprint density at radius 3 is 2.43 bits per heavy atom. The molecule has 23 heavy (non-hydrogen) atoms. The van der Waals surface area contributed by atoms with E-state index in [4.69, 9.17) is 4.74 Å². The summed E-state index contributed by atoms with van der Waals surface area (Å²) in [6.45, 7) is 4.35. The van der Waals surface area contributed by atoms with Gasteiger partial charge in [0, 0.05) is 6.42 Å². The zero-order valence-electron chi connectivity index (χ0n) is 13.5. The predicted molar refractivity (Wildman–Crippen MR) is 89.0 cm³/mol. The van der Waals surface area contributed by atoms with Gasteiger partial charge < -0.3 is 10.1 Å². The Bertz CT molecular complexity index is 623. The molecule has 0 aliphatic rings. The van der Waals surface area contributed by atoms with Crippen LogP contribution < -0.4 is 10.1 Å². The summed E-state index contributed by atoms with van der Waals surface area (Å²) in [5, 5.41) is 2.91. The van der Waals surface area contributed by atoms with Crippen molar-refractivity contribution in [3.8, 4) is 5.75 Å². The lowest BCUT2D eigenvalue weighted by Crippen LogP contribution is -2.36. The molecule has 0 saturated carbocycles. The van der Waals surface area contributed by atoms with E-state index >= 15 is 0 Å². The Balaban J connectivity index is 1.69. The maximum atomic E-state index is 12.8. The summed E-state index contributed by atoms with van der Waals surface area (Å²) in [7, 11) is 0. The fraction of sp³-hybridized carbons (Fsp3) is 0.316. The zero-order chi connectivity index (χ0) is 16.7. The molecule has 0 heterocycles. The van der Waals surface area contributed by atoms with E-state index in [9.17, 15) is 9.18 Å². The fourth-order valence-corrected chi connectivity index (χ4v) is 2.15. The molecule has 1 atom stereocenters. The van der Waals surface area contributed by atoms with Gasteiger partial charge in [-0.3, -0.25) is 4.79 Å². The van der Waals surface area contributed by atoms with Crippen LogP contribution in [0.25, 0.3) is 0 Å². The van der Waals surface area contributed by atoms with Gasteiger partial charge in [0.25, 0.3) is 0 Å². The molecule has 0 aliphatic heterocycles. The van der Waals surface area contributed by atoms with Crippen LogP contribution in [-0.2, 0) is 11.2 Å². The molecule has 1 amide bonds. The molecule has 2 aromatic carbocycles. The second-order valence-corrected chi connectivity index (χ2v) is 5.72. The third-order valence-electron chi connectivity index (χ3n) is 3.48. The maximum absolute atomic E-state index is 12.8. The molecule has 0 fully saturated rings. The van der Waals surface area contributed by atoms with Crippen LogP contribution in [-0.4, -0.2) is 18.6 Å². The van der Waals surface area contributed by atoms with Crippen molar-refractivity contribution in [3.63, 3.8) is 0 Å². The average molecular weight is 315 g/mol. The Kier molecular flexibility index (Phi) is 6.15. The van der Waals surface area contributed by atoms with Crippen LogP contribution in [0.1, 0.15) is 24.5 Å². The van der Waals surface area contributed by atoms with E-state index in [1.54, 1.807) is 12.1 Å². The largest absolute Gasteiger partial charge is 0.491 e. The van der Waals surface area contributed by atoms with Gasteiger partial charge in [0.1, 0.15) is 18.2 Å². The van der Waals surface area contributed by atoms with Gasteiger partial charge in [-0.25, -0.2) is 4.39 Å². The maximum Gasteiger partial charge on any atom is 0.220 e.